The smallest absolute Gasteiger partial charge is 0.444 e. The number of alkyl halides is 3. The molecule has 226 valence electrons. The van der Waals surface area contributed by atoms with Gasteiger partial charge in [0, 0.05) is 17.5 Å². The normalized spacial score (nSPS) is 16.4. The van der Waals surface area contributed by atoms with Crippen molar-refractivity contribution >= 4 is 32.7 Å². The molecule has 42 heavy (non-hydrogen) atoms. The number of ether oxygens (including phenoxy) is 1. The van der Waals surface area contributed by atoms with Crippen LogP contribution in [0.1, 0.15) is 63.3 Å². The summed E-state index contributed by atoms with van der Waals surface area (Å²) in [4.78, 5) is 14.9. The second-order valence-electron chi connectivity index (χ2n) is 11.3. The van der Waals surface area contributed by atoms with Crippen molar-refractivity contribution in [2.45, 2.75) is 64.1 Å². The van der Waals surface area contributed by atoms with Crippen molar-refractivity contribution in [3.8, 4) is 0 Å². The number of hydrogen-bond acceptors (Lipinski definition) is 5. The van der Waals surface area contributed by atoms with E-state index in [1.807, 2.05) is 6.92 Å². The summed E-state index contributed by atoms with van der Waals surface area (Å²) in [6.07, 6.45) is 2.14. The average Bonchev–Trinajstić information content (AvgIpc) is 2.89. The first-order valence-electron chi connectivity index (χ1n) is 13.5. The highest BCUT2D eigenvalue weighted by Crippen LogP contribution is 2.37. The molecule has 0 unspecified atom stereocenters. The standard InChI is InChI=1S/C31H33F4NO5S/c1-20(23-15-16-27(32)26-14-8-7-13-25(23)26)36(29(37)40-30(2,3)4)17-9-10-21-18-22-11-5-6-12-24(22)28(19-21)41-42(38,39)31(33,34)35/h5-8,11-16,19-21H,9-10,17-18H2,1-4H3/t20-,21-/m1/s1. The molecule has 0 heterocycles. The van der Waals surface area contributed by atoms with Crippen molar-refractivity contribution < 1.29 is 39.7 Å². The fourth-order valence-electron chi connectivity index (χ4n) is 5.11. The van der Waals surface area contributed by atoms with Crippen molar-refractivity contribution in [1.29, 1.82) is 0 Å². The van der Waals surface area contributed by atoms with Crippen molar-refractivity contribution in [2.75, 3.05) is 6.54 Å². The largest absolute Gasteiger partial charge is 0.534 e. The van der Waals surface area contributed by atoms with Crippen LogP contribution in [0.2, 0.25) is 0 Å². The van der Waals surface area contributed by atoms with Gasteiger partial charge in [-0.25, -0.2) is 9.18 Å². The van der Waals surface area contributed by atoms with Gasteiger partial charge in [0.25, 0.3) is 0 Å². The van der Waals surface area contributed by atoms with Crippen LogP contribution in [-0.2, 0) is 25.5 Å². The molecule has 1 aliphatic rings. The van der Waals surface area contributed by atoms with E-state index in [9.17, 15) is 30.8 Å². The zero-order valence-corrected chi connectivity index (χ0v) is 24.6. The van der Waals surface area contributed by atoms with Crippen LogP contribution >= 0.6 is 0 Å². The maximum absolute atomic E-state index is 14.5. The summed E-state index contributed by atoms with van der Waals surface area (Å²) < 4.78 is 87.5. The van der Waals surface area contributed by atoms with Gasteiger partial charge in [-0.2, -0.15) is 21.6 Å². The predicted octanol–water partition coefficient (Wildman–Crippen LogP) is 8.14. The summed E-state index contributed by atoms with van der Waals surface area (Å²) in [7, 11) is -5.85. The van der Waals surface area contributed by atoms with E-state index in [1.54, 1.807) is 74.2 Å². The highest BCUT2D eigenvalue weighted by molar-refractivity contribution is 7.87. The minimum absolute atomic E-state index is 0.227. The lowest BCUT2D eigenvalue weighted by Crippen LogP contribution is -2.39. The van der Waals surface area contributed by atoms with Gasteiger partial charge in [0.05, 0.1) is 6.04 Å². The summed E-state index contributed by atoms with van der Waals surface area (Å²) in [5.74, 6) is -1.09. The van der Waals surface area contributed by atoms with Crippen LogP contribution in [0.25, 0.3) is 16.5 Å². The maximum Gasteiger partial charge on any atom is 0.534 e. The Kier molecular flexibility index (Phi) is 8.92. The van der Waals surface area contributed by atoms with Gasteiger partial charge in [-0.1, -0.05) is 54.6 Å². The number of fused-ring (bicyclic) bond motifs is 2. The van der Waals surface area contributed by atoms with Crippen LogP contribution in [0.4, 0.5) is 22.4 Å². The molecule has 0 bridgehead atoms. The number of rotatable bonds is 8. The van der Waals surface area contributed by atoms with Crippen LogP contribution in [0.5, 0.6) is 0 Å². The molecule has 0 aromatic heterocycles. The van der Waals surface area contributed by atoms with Crippen LogP contribution in [0.15, 0.2) is 66.7 Å². The van der Waals surface area contributed by atoms with Crippen molar-refractivity contribution in [3.63, 3.8) is 0 Å². The van der Waals surface area contributed by atoms with Crippen LogP contribution < -0.4 is 0 Å². The van der Waals surface area contributed by atoms with E-state index in [-0.39, 0.29) is 29.6 Å². The third kappa shape index (κ3) is 7.06. The van der Waals surface area contributed by atoms with Gasteiger partial charge in [-0.15, -0.1) is 0 Å². The molecule has 0 N–H and O–H groups in total. The highest BCUT2D eigenvalue weighted by Gasteiger charge is 2.49. The quantitative estimate of drug-likeness (QED) is 0.147. The lowest BCUT2D eigenvalue weighted by Gasteiger charge is -2.33. The second-order valence-corrected chi connectivity index (χ2v) is 12.8. The van der Waals surface area contributed by atoms with Crippen LogP contribution in [0, 0.1) is 11.7 Å². The summed E-state index contributed by atoms with van der Waals surface area (Å²) in [5.41, 5.74) is -4.66. The molecular weight excluding hydrogens is 574 g/mol. The monoisotopic (exact) mass is 607 g/mol. The van der Waals surface area contributed by atoms with E-state index in [4.69, 9.17) is 4.74 Å². The fraction of sp³-hybridized carbons (Fsp3) is 0.387. The molecule has 0 saturated carbocycles. The lowest BCUT2D eigenvalue weighted by molar-refractivity contribution is -0.0509. The van der Waals surface area contributed by atoms with Crippen LogP contribution in [0.3, 0.4) is 0 Å². The molecule has 0 radical (unpaired) electrons. The fourth-order valence-corrected chi connectivity index (χ4v) is 5.59. The first kappa shape index (κ1) is 31.3. The summed E-state index contributed by atoms with van der Waals surface area (Å²) in [5, 5.41) is 1.09. The molecule has 0 fully saturated rings. The Bertz CT molecular complexity index is 1590. The predicted molar refractivity (Wildman–Crippen MR) is 152 cm³/mol. The Balaban J connectivity index is 1.58. The van der Waals surface area contributed by atoms with Crippen molar-refractivity contribution in [1.82, 2.24) is 4.90 Å². The van der Waals surface area contributed by atoms with Gasteiger partial charge in [0.2, 0.25) is 0 Å². The van der Waals surface area contributed by atoms with Crippen molar-refractivity contribution in [2.24, 2.45) is 5.92 Å². The Morgan fingerprint density at radius 2 is 1.64 bits per heavy atom. The Morgan fingerprint density at radius 1 is 1.00 bits per heavy atom. The molecule has 2 atom stereocenters. The van der Waals surface area contributed by atoms with E-state index in [0.29, 0.717) is 35.6 Å². The van der Waals surface area contributed by atoms with E-state index >= 15 is 0 Å². The number of halogens is 4. The summed E-state index contributed by atoms with van der Waals surface area (Å²) in [6.45, 7) is 7.31. The Labute approximate surface area is 243 Å². The number of carbonyl (C=O) groups excluding carboxylic acids is 1. The molecule has 3 aromatic rings. The second kappa shape index (κ2) is 11.9. The molecule has 0 spiro atoms. The molecule has 6 nitrogen and oxygen atoms in total. The Morgan fingerprint density at radius 3 is 2.31 bits per heavy atom. The molecule has 0 saturated heterocycles. The third-order valence-electron chi connectivity index (χ3n) is 7.06. The molecule has 1 aliphatic carbocycles. The molecule has 3 aromatic carbocycles. The highest BCUT2D eigenvalue weighted by atomic mass is 32.2. The third-order valence-corrected chi connectivity index (χ3v) is 8.03. The number of nitrogens with zero attached hydrogens (tertiary/aromatic N) is 1. The number of benzene rings is 3. The maximum atomic E-state index is 14.5. The zero-order chi connectivity index (χ0) is 30.9. The van der Waals surface area contributed by atoms with E-state index in [0.717, 1.165) is 5.56 Å². The van der Waals surface area contributed by atoms with E-state index < -0.39 is 33.4 Å². The molecular formula is C31H33F4NO5S. The van der Waals surface area contributed by atoms with Gasteiger partial charge in [-0.3, -0.25) is 0 Å². The molecule has 1 amide bonds. The van der Waals surface area contributed by atoms with Gasteiger partial charge < -0.3 is 13.8 Å². The Hall–Kier alpha value is -3.60. The SMILES string of the molecule is C[C@H](c1ccc(F)c2ccccc12)N(CCC[C@H]1C=C(OS(=O)(=O)C(F)(F)F)c2ccccc2C1)C(=O)OC(C)(C)C. The van der Waals surface area contributed by atoms with Crippen molar-refractivity contribution in [3.05, 3.63) is 89.2 Å². The van der Waals surface area contributed by atoms with E-state index in [2.05, 4.69) is 4.18 Å². The first-order valence-corrected chi connectivity index (χ1v) is 15.0. The molecule has 11 heteroatoms. The number of hydrogen-bond donors (Lipinski definition) is 0. The molecule has 4 rings (SSSR count). The topological polar surface area (TPSA) is 72.9 Å². The van der Waals surface area contributed by atoms with Crippen LogP contribution in [-0.4, -0.2) is 37.1 Å². The van der Waals surface area contributed by atoms with Gasteiger partial charge in [0.1, 0.15) is 17.2 Å². The number of carbonyl (C=O) groups is 1. The van der Waals surface area contributed by atoms with Gasteiger partial charge >= 0.3 is 21.7 Å². The lowest BCUT2D eigenvalue weighted by atomic mass is 9.86. The first-order chi connectivity index (χ1) is 19.6. The molecule has 0 aliphatic heterocycles. The number of amides is 1. The van der Waals surface area contributed by atoms with Gasteiger partial charge in [0.15, 0.2) is 0 Å². The zero-order valence-electron chi connectivity index (χ0n) is 23.7. The summed E-state index contributed by atoms with van der Waals surface area (Å²) in [6, 6.07) is 16.0. The van der Waals surface area contributed by atoms with E-state index in [1.165, 1.54) is 18.2 Å². The minimum atomic E-state index is -5.85. The summed E-state index contributed by atoms with van der Waals surface area (Å²) >= 11 is 0. The number of allylic oxidation sites excluding steroid dienone is 1. The minimum Gasteiger partial charge on any atom is -0.444 e. The van der Waals surface area contributed by atoms with Gasteiger partial charge in [-0.05, 0) is 81.5 Å². The average molecular weight is 608 g/mol.